The summed E-state index contributed by atoms with van der Waals surface area (Å²) in [5.41, 5.74) is 0.479. The third kappa shape index (κ3) is 4.40. The molecule has 0 saturated carbocycles. The maximum atomic E-state index is 11.7. The lowest BCUT2D eigenvalue weighted by Crippen LogP contribution is -2.35. The molecule has 0 aliphatic rings. The molecule has 1 rings (SSSR count). The van der Waals surface area contributed by atoms with Crippen LogP contribution in [-0.2, 0) is 4.79 Å². The first-order valence-electron chi connectivity index (χ1n) is 5.86. The van der Waals surface area contributed by atoms with Crippen LogP contribution in [-0.4, -0.2) is 36.9 Å². The van der Waals surface area contributed by atoms with Crippen molar-refractivity contribution in [2.45, 2.75) is 13.3 Å². The highest BCUT2D eigenvalue weighted by molar-refractivity contribution is 5.96. The first-order valence-corrected chi connectivity index (χ1v) is 5.86. The Hall–Kier alpha value is -2.11. The van der Waals surface area contributed by atoms with Crippen LogP contribution in [0.3, 0.4) is 0 Å². The van der Waals surface area contributed by atoms with Crippen molar-refractivity contribution in [3.8, 4) is 0 Å². The fourth-order valence-electron chi connectivity index (χ4n) is 1.27. The lowest BCUT2D eigenvalue weighted by atomic mass is 10.2. The minimum Gasteiger partial charge on any atom is -0.370 e. The number of hydrogen-bond donors (Lipinski definition) is 3. The molecule has 1 aromatic heterocycles. The van der Waals surface area contributed by atoms with Crippen LogP contribution >= 0.6 is 0 Å². The van der Waals surface area contributed by atoms with E-state index in [0.717, 1.165) is 13.0 Å². The Morgan fingerprint density at radius 3 is 2.83 bits per heavy atom. The Morgan fingerprint density at radius 1 is 1.39 bits per heavy atom. The fourth-order valence-corrected chi connectivity index (χ4v) is 1.27. The molecule has 0 radical (unpaired) electrons. The van der Waals surface area contributed by atoms with Crippen molar-refractivity contribution in [1.82, 2.24) is 15.6 Å². The second kappa shape index (κ2) is 7.26. The van der Waals surface area contributed by atoms with Crippen LogP contribution in [0.5, 0.6) is 0 Å². The molecule has 0 bridgehead atoms. The predicted molar refractivity (Wildman–Crippen MR) is 69.4 cm³/mol. The zero-order chi connectivity index (χ0) is 13.4. The first kappa shape index (κ1) is 14.0. The summed E-state index contributed by atoms with van der Waals surface area (Å²) in [5.74, 6) is 0.131. The van der Waals surface area contributed by atoms with Gasteiger partial charge < -0.3 is 16.0 Å². The number of nitrogens with zero attached hydrogens (tertiary/aromatic N) is 1. The summed E-state index contributed by atoms with van der Waals surface area (Å²) >= 11 is 0. The summed E-state index contributed by atoms with van der Waals surface area (Å²) in [6.07, 6.45) is 2.54. The second-order valence-electron chi connectivity index (χ2n) is 3.71. The van der Waals surface area contributed by atoms with Crippen LogP contribution in [0.4, 0.5) is 5.82 Å². The van der Waals surface area contributed by atoms with E-state index in [-0.39, 0.29) is 18.4 Å². The van der Waals surface area contributed by atoms with Gasteiger partial charge in [0, 0.05) is 25.4 Å². The van der Waals surface area contributed by atoms with Gasteiger partial charge in [-0.15, -0.1) is 0 Å². The molecule has 18 heavy (non-hydrogen) atoms. The van der Waals surface area contributed by atoms with E-state index in [4.69, 9.17) is 0 Å². The van der Waals surface area contributed by atoms with E-state index in [1.165, 1.54) is 7.05 Å². The molecule has 6 heteroatoms. The molecule has 0 fully saturated rings. The molecule has 0 unspecified atom stereocenters. The van der Waals surface area contributed by atoms with Gasteiger partial charge in [0.05, 0.1) is 6.54 Å². The van der Waals surface area contributed by atoms with Gasteiger partial charge >= 0.3 is 0 Å². The zero-order valence-corrected chi connectivity index (χ0v) is 10.6. The van der Waals surface area contributed by atoms with Crippen molar-refractivity contribution in [2.75, 3.05) is 25.5 Å². The van der Waals surface area contributed by atoms with Crippen molar-refractivity contribution in [2.24, 2.45) is 0 Å². The summed E-state index contributed by atoms with van der Waals surface area (Å²) in [5, 5.41) is 8.05. The average molecular weight is 250 g/mol. The van der Waals surface area contributed by atoms with Crippen molar-refractivity contribution < 1.29 is 9.59 Å². The number of carbonyl (C=O) groups is 2. The van der Waals surface area contributed by atoms with Gasteiger partial charge in [-0.25, -0.2) is 4.98 Å². The molecule has 0 saturated heterocycles. The van der Waals surface area contributed by atoms with E-state index in [1.54, 1.807) is 18.3 Å². The highest BCUT2D eigenvalue weighted by Gasteiger charge is 2.07. The van der Waals surface area contributed by atoms with Gasteiger partial charge in [0.25, 0.3) is 5.91 Å². The van der Waals surface area contributed by atoms with Gasteiger partial charge in [-0.2, -0.15) is 0 Å². The van der Waals surface area contributed by atoms with E-state index in [0.29, 0.717) is 11.4 Å². The number of rotatable bonds is 6. The third-order valence-electron chi connectivity index (χ3n) is 2.27. The highest BCUT2D eigenvalue weighted by atomic mass is 16.2. The number of anilines is 1. The first-order chi connectivity index (χ1) is 8.67. The molecule has 0 aliphatic carbocycles. The van der Waals surface area contributed by atoms with Crippen molar-refractivity contribution >= 4 is 17.6 Å². The number of hydrogen-bond acceptors (Lipinski definition) is 4. The number of pyridine rings is 1. The van der Waals surface area contributed by atoms with Gasteiger partial charge in [-0.05, 0) is 18.6 Å². The van der Waals surface area contributed by atoms with Crippen LogP contribution in [0.1, 0.15) is 23.7 Å². The molecule has 1 heterocycles. The molecule has 6 nitrogen and oxygen atoms in total. The van der Waals surface area contributed by atoms with Crippen LogP contribution < -0.4 is 16.0 Å². The Labute approximate surface area is 106 Å². The van der Waals surface area contributed by atoms with Gasteiger partial charge in [-0.1, -0.05) is 6.92 Å². The highest BCUT2D eigenvalue weighted by Crippen LogP contribution is 2.06. The molecule has 2 amide bonds. The summed E-state index contributed by atoms with van der Waals surface area (Å²) < 4.78 is 0. The summed E-state index contributed by atoms with van der Waals surface area (Å²) in [7, 11) is 1.52. The van der Waals surface area contributed by atoms with E-state index >= 15 is 0 Å². The van der Waals surface area contributed by atoms with E-state index in [9.17, 15) is 9.59 Å². The SMILES string of the molecule is CCCNc1cc(C(=O)NCC(=O)NC)ccn1. The fraction of sp³-hybridized carbons (Fsp3) is 0.417. The minimum atomic E-state index is -0.291. The topological polar surface area (TPSA) is 83.1 Å². The minimum absolute atomic E-state index is 0.0324. The van der Waals surface area contributed by atoms with E-state index in [1.807, 2.05) is 6.92 Å². The van der Waals surface area contributed by atoms with Crippen LogP contribution in [0.15, 0.2) is 18.3 Å². The largest absolute Gasteiger partial charge is 0.370 e. The Balaban J connectivity index is 2.59. The smallest absolute Gasteiger partial charge is 0.251 e. The molecule has 0 aliphatic heterocycles. The molecule has 0 atom stereocenters. The lowest BCUT2D eigenvalue weighted by molar-refractivity contribution is -0.119. The van der Waals surface area contributed by atoms with Crippen molar-refractivity contribution in [3.63, 3.8) is 0 Å². The quantitative estimate of drug-likeness (QED) is 0.681. The number of nitrogens with one attached hydrogen (secondary N) is 3. The third-order valence-corrected chi connectivity index (χ3v) is 2.27. The molecule has 3 N–H and O–H groups in total. The number of likely N-dealkylation sites (N-methyl/N-ethyl adjacent to an activating group) is 1. The number of amides is 2. The van der Waals surface area contributed by atoms with E-state index in [2.05, 4.69) is 20.9 Å². The lowest BCUT2D eigenvalue weighted by Gasteiger charge is -2.07. The van der Waals surface area contributed by atoms with Crippen LogP contribution in [0.2, 0.25) is 0 Å². The van der Waals surface area contributed by atoms with Gasteiger partial charge in [0.2, 0.25) is 5.91 Å². The van der Waals surface area contributed by atoms with Crippen LogP contribution in [0.25, 0.3) is 0 Å². The zero-order valence-electron chi connectivity index (χ0n) is 10.6. The van der Waals surface area contributed by atoms with Crippen LogP contribution in [0, 0.1) is 0 Å². The number of aromatic nitrogens is 1. The van der Waals surface area contributed by atoms with Gasteiger partial charge in [0.1, 0.15) is 5.82 Å². The molecule has 98 valence electrons. The molecule has 0 aromatic carbocycles. The van der Waals surface area contributed by atoms with E-state index < -0.39 is 0 Å². The monoisotopic (exact) mass is 250 g/mol. The van der Waals surface area contributed by atoms with Crippen molar-refractivity contribution in [1.29, 1.82) is 0 Å². The maximum absolute atomic E-state index is 11.7. The average Bonchev–Trinajstić information content (AvgIpc) is 2.42. The molecule has 1 aromatic rings. The van der Waals surface area contributed by atoms with Gasteiger partial charge in [0.15, 0.2) is 0 Å². The molecular weight excluding hydrogens is 232 g/mol. The standard InChI is InChI=1S/C12H18N4O2/c1-3-5-14-10-7-9(4-6-15-10)12(18)16-8-11(17)13-2/h4,6-7H,3,5,8H2,1-2H3,(H,13,17)(H,14,15)(H,16,18). The maximum Gasteiger partial charge on any atom is 0.251 e. The van der Waals surface area contributed by atoms with Gasteiger partial charge in [-0.3, -0.25) is 9.59 Å². The Bertz CT molecular complexity index is 420. The Morgan fingerprint density at radius 2 is 2.17 bits per heavy atom. The Kier molecular flexibility index (Phi) is 5.63. The predicted octanol–water partition coefficient (Wildman–Crippen LogP) is 0.379. The summed E-state index contributed by atoms with van der Waals surface area (Å²) in [6, 6.07) is 3.27. The van der Waals surface area contributed by atoms with Crippen molar-refractivity contribution in [3.05, 3.63) is 23.9 Å². The molecular formula is C12H18N4O2. The summed E-state index contributed by atoms with van der Waals surface area (Å²) in [4.78, 5) is 26.9. The number of carbonyl (C=O) groups excluding carboxylic acids is 2. The summed E-state index contributed by atoms with van der Waals surface area (Å²) in [6.45, 7) is 2.82. The second-order valence-corrected chi connectivity index (χ2v) is 3.71. The normalized spacial score (nSPS) is 9.67. The molecule has 0 spiro atoms.